The van der Waals surface area contributed by atoms with E-state index in [4.69, 9.17) is 9.63 Å². The molecule has 0 atom stereocenters. The highest BCUT2D eigenvalue weighted by molar-refractivity contribution is 5.93. The zero-order valence-electron chi connectivity index (χ0n) is 9.55. The highest BCUT2D eigenvalue weighted by Crippen LogP contribution is 2.18. The van der Waals surface area contributed by atoms with Crippen LogP contribution in [0.1, 0.15) is 19.3 Å². The Balaban J connectivity index is 1.91. The van der Waals surface area contributed by atoms with Gasteiger partial charge in [-0.1, -0.05) is 5.16 Å². The van der Waals surface area contributed by atoms with E-state index in [9.17, 15) is 9.59 Å². The van der Waals surface area contributed by atoms with Gasteiger partial charge in [0.05, 0.1) is 6.20 Å². The number of rotatable bonds is 5. The van der Waals surface area contributed by atoms with E-state index in [-0.39, 0.29) is 18.7 Å². The van der Waals surface area contributed by atoms with Crippen LogP contribution in [-0.4, -0.2) is 22.1 Å². The van der Waals surface area contributed by atoms with E-state index >= 15 is 0 Å². The zero-order chi connectivity index (χ0) is 13.0. The number of nitrogens with one attached hydrogen (secondary N) is 1. The van der Waals surface area contributed by atoms with Crippen molar-refractivity contribution in [2.75, 3.05) is 5.32 Å². The molecule has 2 aromatic rings. The number of carboxylic acids is 1. The molecule has 0 saturated carbocycles. The molecule has 0 aliphatic heterocycles. The fraction of sp³-hybridized carbons (Fsp3) is 0.250. The molecule has 0 aliphatic carbocycles. The van der Waals surface area contributed by atoms with Crippen LogP contribution in [0.15, 0.2) is 28.9 Å². The van der Waals surface area contributed by atoms with Crippen molar-refractivity contribution in [2.24, 2.45) is 0 Å². The van der Waals surface area contributed by atoms with Crippen molar-refractivity contribution in [1.82, 2.24) is 5.16 Å². The van der Waals surface area contributed by atoms with E-state index in [2.05, 4.69) is 10.5 Å². The first-order chi connectivity index (χ1) is 8.65. The summed E-state index contributed by atoms with van der Waals surface area (Å²) in [7, 11) is 0. The number of anilines is 1. The van der Waals surface area contributed by atoms with Gasteiger partial charge in [0.25, 0.3) is 0 Å². The van der Waals surface area contributed by atoms with Crippen LogP contribution in [-0.2, 0) is 9.59 Å². The molecule has 6 heteroatoms. The van der Waals surface area contributed by atoms with Gasteiger partial charge in [-0.3, -0.25) is 9.59 Å². The van der Waals surface area contributed by atoms with E-state index in [0.717, 1.165) is 5.39 Å². The summed E-state index contributed by atoms with van der Waals surface area (Å²) in [5, 5.41) is 15.6. The minimum atomic E-state index is -0.897. The summed E-state index contributed by atoms with van der Waals surface area (Å²) in [5.41, 5.74) is 1.21. The minimum absolute atomic E-state index is 0.00540. The van der Waals surface area contributed by atoms with Crippen molar-refractivity contribution >= 4 is 28.5 Å². The highest BCUT2D eigenvalue weighted by atomic mass is 16.5. The molecule has 1 aromatic carbocycles. The van der Waals surface area contributed by atoms with Gasteiger partial charge in [-0.2, -0.15) is 0 Å². The SMILES string of the molecule is O=C(O)CCCC(=O)Nc1ccc2cnoc2c1. The van der Waals surface area contributed by atoms with Gasteiger partial charge in [0.1, 0.15) is 0 Å². The molecule has 94 valence electrons. The first kappa shape index (κ1) is 12.1. The van der Waals surface area contributed by atoms with Gasteiger partial charge >= 0.3 is 5.97 Å². The Morgan fingerprint density at radius 3 is 2.94 bits per heavy atom. The minimum Gasteiger partial charge on any atom is -0.481 e. The number of aromatic nitrogens is 1. The number of hydrogen-bond donors (Lipinski definition) is 2. The predicted octanol–water partition coefficient (Wildman–Crippen LogP) is 2.02. The van der Waals surface area contributed by atoms with E-state index < -0.39 is 5.97 Å². The van der Waals surface area contributed by atoms with Crippen molar-refractivity contribution in [1.29, 1.82) is 0 Å². The maximum Gasteiger partial charge on any atom is 0.303 e. The van der Waals surface area contributed by atoms with E-state index in [0.29, 0.717) is 17.7 Å². The molecule has 2 rings (SSSR count). The van der Waals surface area contributed by atoms with Crippen LogP contribution in [0.25, 0.3) is 11.0 Å². The number of fused-ring (bicyclic) bond motifs is 1. The number of hydrogen-bond acceptors (Lipinski definition) is 4. The second-order valence-electron chi connectivity index (χ2n) is 3.87. The Hall–Kier alpha value is -2.37. The maximum absolute atomic E-state index is 11.5. The van der Waals surface area contributed by atoms with Crippen LogP contribution in [0.2, 0.25) is 0 Å². The maximum atomic E-state index is 11.5. The lowest BCUT2D eigenvalue weighted by molar-refractivity contribution is -0.137. The quantitative estimate of drug-likeness (QED) is 0.844. The summed E-state index contributed by atoms with van der Waals surface area (Å²) in [6.07, 6.45) is 2.09. The standard InChI is InChI=1S/C12H12N2O4/c15-11(2-1-3-12(16)17)14-9-5-4-8-7-13-18-10(8)6-9/h4-7H,1-3H2,(H,14,15)(H,16,17). The van der Waals surface area contributed by atoms with Crippen LogP contribution < -0.4 is 5.32 Å². The lowest BCUT2D eigenvalue weighted by Gasteiger charge is -2.03. The summed E-state index contributed by atoms with van der Waals surface area (Å²) in [6, 6.07) is 5.21. The molecule has 0 saturated heterocycles. The molecular weight excluding hydrogens is 236 g/mol. The summed E-state index contributed by atoms with van der Waals surface area (Å²) in [6.45, 7) is 0. The second-order valence-corrected chi connectivity index (χ2v) is 3.87. The molecule has 0 unspecified atom stereocenters. The smallest absolute Gasteiger partial charge is 0.303 e. The largest absolute Gasteiger partial charge is 0.481 e. The van der Waals surface area contributed by atoms with Gasteiger partial charge in [0, 0.05) is 30.0 Å². The number of aliphatic carboxylic acids is 1. The van der Waals surface area contributed by atoms with Gasteiger partial charge in [-0.25, -0.2) is 0 Å². The first-order valence-corrected chi connectivity index (χ1v) is 5.51. The lowest BCUT2D eigenvalue weighted by Crippen LogP contribution is -2.11. The molecule has 18 heavy (non-hydrogen) atoms. The summed E-state index contributed by atoms with van der Waals surface area (Å²) in [5.74, 6) is -1.11. The molecule has 0 fully saturated rings. The summed E-state index contributed by atoms with van der Waals surface area (Å²) in [4.78, 5) is 21.8. The molecule has 0 spiro atoms. The third kappa shape index (κ3) is 3.07. The van der Waals surface area contributed by atoms with Gasteiger partial charge in [0.2, 0.25) is 5.91 Å². The summed E-state index contributed by atoms with van der Waals surface area (Å²) >= 11 is 0. The van der Waals surface area contributed by atoms with Crippen molar-refractivity contribution < 1.29 is 19.2 Å². The lowest BCUT2D eigenvalue weighted by atomic mass is 10.2. The molecule has 0 radical (unpaired) electrons. The van der Waals surface area contributed by atoms with Crippen molar-refractivity contribution in [3.05, 3.63) is 24.4 Å². The average molecular weight is 248 g/mol. The van der Waals surface area contributed by atoms with E-state index in [1.807, 2.05) is 0 Å². The normalized spacial score (nSPS) is 10.4. The number of amides is 1. The Kier molecular flexibility index (Phi) is 3.57. The van der Waals surface area contributed by atoms with Crippen LogP contribution in [0.3, 0.4) is 0 Å². The number of nitrogens with zero attached hydrogens (tertiary/aromatic N) is 1. The van der Waals surface area contributed by atoms with Crippen molar-refractivity contribution in [3.8, 4) is 0 Å². The Morgan fingerprint density at radius 2 is 2.17 bits per heavy atom. The molecule has 2 N–H and O–H groups in total. The summed E-state index contributed by atoms with van der Waals surface area (Å²) < 4.78 is 4.97. The van der Waals surface area contributed by atoms with Gasteiger partial charge < -0.3 is 14.9 Å². The fourth-order valence-corrected chi connectivity index (χ4v) is 1.56. The molecule has 6 nitrogen and oxygen atoms in total. The topological polar surface area (TPSA) is 92.4 Å². The second kappa shape index (κ2) is 5.31. The highest BCUT2D eigenvalue weighted by Gasteiger charge is 2.06. The number of benzene rings is 1. The Bertz CT molecular complexity index is 576. The van der Waals surface area contributed by atoms with E-state index in [1.165, 1.54) is 0 Å². The third-order valence-electron chi connectivity index (χ3n) is 2.43. The number of carbonyl (C=O) groups is 2. The van der Waals surface area contributed by atoms with Gasteiger partial charge in [-0.05, 0) is 18.6 Å². The van der Waals surface area contributed by atoms with Crippen LogP contribution in [0.5, 0.6) is 0 Å². The molecule has 0 aliphatic rings. The van der Waals surface area contributed by atoms with E-state index in [1.54, 1.807) is 24.4 Å². The van der Waals surface area contributed by atoms with Crippen molar-refractivity contribution in [3.63, 3.8) is 0 Å². The van der Waals surface area contributed by atoms with Gasteiger partial charge in [-0.15, -0.1) is 0 Å². The third-order valence-corrected chi connectivity index (χ3v) is 2.43. The van der Waals surface area contributed by atoms with Crippen LogP contribution in [0, 0.1) is 0 Å². The average Bonchev–Trinajstić information content (AvgIpc) is 2.75. The number of carbonyl (C=O) groups excluding carboxylic acids is 1. The van der Waals surface area contributed by atoms with Crippen LogP contribution in [0.4, 0.5) is 5.69 Å². The Morgan fingerprint density at radius 1 is 1.33 bits per heavy atom. The fourth-order valence-electron chi connectivity index (χ4n) is 1.56. The molecular formula is C12H12N2O4. The predicted molar refractivity (Wildman–Crippen MR) is 64.1 cm³/mol. The molecule has 1 aromatic heterocycles. The number of carboxylic acid groups (broad SMARTS) is 1. The molecule has 1 heterocycles. The van der Waals surface area contributed by atoms with Crippen molar-refractivity contribution in [2.45, 2.75) is 19.3 Å². The molecule has 1 amide bonds. The van der Waals surface area contributed by atoms with Gasteiger partial charge in [0.15, 0.2) is 5.58 Å². The molecule has 0 bridgehead atoms. The first-order valence-electron chi connectivity index (χ1n) is 5.51. The zero-order valence-corrected chi connectivity index (χ0v) is 9.55. The van der Waals surface area contributed by atoms with Crippen LogP contribution >= 0.6 is 0 Å². The Labute approximate surface area is 103 Å². The monoisotopic (exact) mass is 248 g/mol.